The summed E-state index contributed by atoms with van der Waals surface area (Å²) in [4.78, 5) is 17.4. The number of pyridine rings is 1. The predicted octanol–water partition coefficient (Wildman–Crippen LogP) is 2.01. The van der Waals surface area contributed by atoms with Gasteiger partial charge in [-0.3, -0.25) is 9.78 Å². The third-order valence-electron chi connectivity index (χ3n) is 2.34. The summed E-state index contributed by atoms with van der Waals surface area (Å²) < 4.78 is 0.953. The standard InChI is InChI=1S/C10H11BrN2O/c11-9-6-12-4-3-10(9)13-5-1-2-8(14)7-13/h3-4,6H,1-2,5,7H2. The molecule has 0 saturated carbocycles. The van der Waals surface area contributed by atoms with Crippen LogP contribution in [0.3, 0.4) is 0 Å². The highest BCUT2D eigenvalue weighted by atomic mass is 79.9. The van der Waals surface area contributed by atoms with Gasteiger partial charge in [-0.15, -0.1) is 0 Å². The van der Waals surface area contributed by atoms with Gasteiger partial charge in [0.2, 0.25) is 0 Å². The molecule has 0 bridgehead atoms. The van der Waals surface area contributed by atoms with Gasteiger partial charge >= 0.3 is 0 Å². The zero-order valence-electron chi connectivity index (χ0n) is 7.74. The monoisotopic (exact) mass is 254 g/mol. The fourth-order valence-corrected chi connectivity index (χ4v) is 2.17. The van der Waals surface area contributed by atoms with Crippen molar-refractivity contribution in [3.8, 4) is 0 Å². The number of carbonyl (C=O) groups is 1. The van der Waals surface area contributed by atoms with Crippen molar-refractivity contribution in [1.82, 2.24) is 4.98 Å². The number of Topliss-reactive ketones (excluding diaryl/α,β-unsaturated/α-hetero) is 1. The average Bonchev–Trinajstić information content (AvgIpc) is 2.18. The SMILES string of the molecule is O=C1CCCN(c2ccncc2Br)C1. The summed E-state index contributed by atoms with van der Waals surface area (Å²) in [6, 6.07) is 1.93. The molecular formula is C10H11BrN2O. The summed E-state index contributed by atoms with van der Waals surface area (Å²) in [5, 5.41) is 0. The van der Waals surface area contributed by atoms with Gasteiger partial charge < -0.3 is 4.90 Å². The van der Waals surface area contributed by atoms with Crippen molar-refractivity contribution in [3.63, 3.8) is 0 Å². The number of ketones is 1. The van der Waals surface area contributed by atoms with Crippen molar-refractivity contribution in [1.29, 1.82) is 0 Å². The van der Waals surface area contributed by atoms with Gasteiger partial charge in [-0.2, -0.15) is 0 Å². The fraction of sp³-hybridized carbons (Fsp3) is 0.400. The van der Waals surface area contributed by atoms with Gasteiger partial charge in [-0.25, -0.2) is 0 Å². The van der Waals surface area contributed by atoms with E-state index in [-0.39, 0.29) is 0 Å². The molecule has 0 radical (unpaired) electrons. The van der Waals surface area contributed by atoms with Crippen LogP contribution in [0, 0.1) is 0 Å². The maximum atomic E-state index is 11.3. The van der Waals surface area contributed by atoms with Gasteiger partial charge in [0.05, 0.1) is 16.7 Å². The topological polar surface area (TPSA) is 33.2 Å². The second kappa shape index (κ2) is 4.09. The van der Waals surface area contributed by atoms with Crippen LogP contribution in [0.1, 0.15) is 12.8 Å². The minimum atomic E-state index is 0.319. The minimum Gasteiger partial charge on any atom is -0.363 e. The number of halogens is 1. The number of hydrogen-bond donors (Lipinski definition) is 0. The summed E-state index contributed by atoms with van der Waals surface area (Å²) in [6.45, 7) is 1.48. The quantitative estimate of drug-likeness (QED) is 0.769. The molecule has 0 N–H and O–H groups in total. The van der Waals surface area contributed by atoms with E-state index >= 15 is 0 Å². The third kappa shape index (κ3) is 1.95. The number of rotatable bonds is 1. The van der Waals surface area contributed by atoms with Crippen LogP contribution in [0.4, 0.5) is 5.69 Å². The lowest BCUT2D eigenvalue weighted by Crippen LogP contribution is -2.35. The molecule has 1 aromatic heterocycles. The molecule has 0 atom stereocenters. The molecule has 0 amide bonds. The number of nitrogens with zero attached hydrogens (tertiary/aromatic N) is 2. The molecule has 0 spiro atoms. The molecule has 2 rings (SSSR count). The highest BCUT2D eigenvalue weighted by Crippen LogP contribution is 2.26. The normalized spacial score (nSPS) is 17.2. The van der Waals surface area contributed by atoms with E-state index < -0.39 is 0 Å². The van der Waals surface area contributed by atoms with Gasteiger partial charge in [-0.1, -0.05) is 0 Å². The lowest BCUT2D eigenvalue weighted by Gasteiger charge is -2.28. The Hall–Kier alpha value is -0.900. The number of anilines is 1. The van der Waals surface area contributed by atoms with Crippen LogP contribution in [0.2, 0.25) is 0 Å². The van der Waals surface area contributed by atoms with Crippen molar-refractivity contribution < 1.29 is 4.79 Å². The van der Waals surface area contributed by atoms with Crippen LogP contribution >= 0.6 is 15.9 Å². The van der Waals surface area contributed by atoms with E-state index in [0.717, 1.165) is 29.5 Å². The maximum absolute atomic E-state index is 11.3. The molecule has 0 aliphatic carbocycles. The Labute approximate surface area is 91.3 Å². The Kier molecular flexibility index (Phi) is 2.82. The Bertz CT molecular complexity index is 354. The van der Waals surface area contributed by atoms with Gasteiger partial charge in [0, 0.05) is 25.4 Å². The minimum absolute atomic E-state index is 0.319. The zero-order chi connectivity index (χ0) is 9.97. The Morgan fingerprint density at radius 3 is 3.07 bits per heavy atom. The molecule has 14 heavy (non-hydrogen) atoms. The van der Waals surface area contributed by atoms with E-state index in [4.69, 9.17) is 0 Å². The molecule has 1 saturated heterocycles. The van der Waals surface area contributed by atoms with Crippen molar-refractivity contribution in [3.05, 3.63) is 22.9 Å². The van der Waals surface area contributed by atoms with Crippen LogP contribution < -0.4 is 4.90 Å². The summed E-state index contributed by atoms with van der Waals surface area (Å²) in [5.41, 5.74) is 1.06. The highest BCUT2D eigenvalue weighted by Gasteiger charge is 2.18. The number of piperidine rings is 1. The smallest absolute Gasteiger partial charge is 0.152 e. The Morgan fingerprint density at radius 2 is 2.36 bits per heavy atom. The number of aromatic nitrogens is 1. The molecule has 1 aromatic rings. The first-order valence-corrected chi connectivity index (χ1v) is 5.43. The number of hydrogen-bond acceptors (Lipinski definition) is 3. The summed E-state index contributed by atoms with van der Waals surface area (Å²) in [5.74, 6) is 0.319. The maximum Gasteiger partial charge on any atom is 0.152 e. The van der Waals surface area contributed by atoms with E-state index in [1.54, 1.807) is 12.4 Å². The Morgan fingerprint density at radius 1 is 1.50 bits per heavy atom. The fourth-order valence-electron chi connectivity index (χ4n) is 1.67. The molecule has 0 aromatic carbocycles. The summed E-state index contributed by atoms with van der Waals surface area (Å²) in [7, 11) is 0. The van der Waals surface area contributed by atoms with Gasteiger partial charge in [0.25, 0.3) is 0 Å². The molecular weight excluding hydrogens is 244 g/mol. The van der Waals surface area contributed by atoms with Crippen LogP contribution in [0.5, 0.6) is 0 Å². The summed E-state index contributed by atoms with van der Waals surface area (Å²) >= 11 is 3.44. The first-order valence-electron chi connectivity index (χ1n) is 4.63. The van der Waals surface area contributed by atoms with Gasteiger partial charge in [0.1, 0.15) is 0 Å². The molecule has 1 aliphatic rings. The van der Waals surface area contributed by atoms with Crippen LogP contribution in [-0.4, -0.2) is 23.9 Å². The van der Waals surface area contributed by atoms with Crippen LogP contribution in [-0.2, 0) is 4.79 Å². The summed E-state index contributed by atoms with van der Waals surface area (Å²) in [6.07, 6.45) is 5.18. The lowest BCUT2D eigenvalue weighted by atomic mass is 10.1. The second-order valence-corrected chi connectivity index (χ2v) is 4.25. The van der Waals surface area contributed by atoms with Crippen molar-refractivity contribution in [2.24, 2.45) is 0 Å². The molecule has 3 nitrogen and oxygen atoms in total. The van der Waals surface area contributed by atoms with E-state index in [2.05, 4.69) is 25.8 Å². The van der Waals surface area contributed by atoms with Gasteiger partial charge in [0.15, 0.2) is 5.78 Å². The third-order valence-corrected chi connectivity index (χ3v) is 2.95. The predicted molar refractivity (Wildman–Crippen MR) is 58.4 cm³/mol. The van der Waals surface area contributed by atoms with E-state index in [1.165, 1.54) is 0 Å². The van der Waals surface area contributed by atoms with Crippen LogP contribution in [0.25, 0.3) is 0 Å². The second-order valence-electron chi connectivity index (χ2n) is 3.39. The first kappa shape index (κ1) is 9.65. The molecule has 1 fully saturated rings. The average molecular weight is 255 g/mol. The molecule has 2 heterocycles. The van der Waals surface area contributed by atoms with Crippen LogP contribution in [0.15, 0.2) is 22.9 Å². The lowest BCUT2D eigenvalue weighted by molar-refractivity contribution is -0.118. The van der Waals surface area contributed by atoms with E-state index in [0.29, 0.717) is 12.3 Å². The molecule has 1 aliphatic heterocycles. The van der Waals surface area contributed by atoms with Crippen molar-refractivity contribution >= 4 is 27.4 Å². The molecule has 74 valence electrons. The van der Waals surface area contributed by atoms with Crippen molar-refractivity contribution in [2.75, 3.05) is 18.0 Å². The largest absolute Gasteiger partial charge is 0.363 e. The van der Waals surface area contributed by atoms with Gasteiger partial charge in [-0.05, 0) is 28.4 Å². The zero-order valence-corrected chi connectivity index (χ0v) is 9.33. The Balaban J connectivity index is 2.22. The molecule has 0 unspecified atom stereocenters. The highest BCUT2D eigenvalue weighted by molar-refractivity contribution is 9.10. The van der Waals surface area contributed by atoms with Crippen molar-refractivity contribution in [2.45, 2.75) is 12.8 Å². The first-order chi connectivity index (χ1) is 6.77. The number of carbonyl (C=O) groups excluding carboxylic acids is 1. The van der Waals surface area contributed by atoms with E-state index in [9.17, 15) is 4.79 Å². The molecule has 4 heteroatoms. The van der Waals surface area contributed by atoms with E-state index in [1.807, 2.05) is 6.07 Å².